The predicted molar refractivity (Wildman–Crippen MR) is 104 cm³/mol. The van der Waals surface area contributed by atoms with Gasteiger partial charge in [0.25, 0.3) is 11.6 Å². The Morgan fingerprint density at radius 1 is 1.14 bits per heavy atom. The number of rotatable bonds is 8. The molecule has 0 saturated carbocycles. The number of nitrogens with two attached hydrogens (primary N) is 1. The minimum atomic E-state index is -0.486. The third kappa shape index (κ3) is 5.16. The molecule has 0 unspecified atom stereocenters. The van der Waals surface area contributed by atoms with Crippen molar-refractivity contribution in [2.24, 2.45) is 5.73 Å². The number of primary amides is 1. The van der Waals surface area contributed by atoms with Gasteiger partial charge in [-0.05, 0) is 36.4 Å². The first-order valence-corrected chi connectivity index (χ1v) is 8.54. The minimum Gasteiger partial charge on any atom is -0.493 e. The summed E-state index contributed by atoms with van der Waals surface area (Å²) < 4.78 is 6.82. The first kappa shape index (κ1) is 19.5. The number of nitrogens with one attached hydrogen (secondary N) is 1. The number of ether oxygens (including phenoxy) is 1. The summed E-state index contributed by atoms with van der Waals surface area (Å²) in [5.74, 6) is -0.251. The van der Waals surface area contributed by atoms with Gasteiger partial charge >= 0.3 is 0 Å². The normalized spacial score (nSPS) is 10.3. The molecular weight excluding hydrogens is 378 g/mol. The second kappa shape index (κ2) is 8.65. The molecule has 10 heteroatoms. The van der Waals surface area contributed by atoms with Gasteiger partial charge in [-0.25, -0.2) is 4.68 Å². The molecule has 10 nitrogen and oxygen atoms in total. The van der Waals surface area contributed by atoms with E-state index in [1.54, 1.807) is 36.4 Å². The van der Waals surface area contributed by atoms with Crippen molar-refractivity contribution in [2.75, 3.05) is 11.9 Å². The van der Waals surface area contributed by atoms with Crippen molar-refractivity contribution in [3.8, 4) is 11.4 Å². The van der Waals surface area contributed by atoms with E-state index in [4.69, 9.17) is 10.5 Å². The smallest absolute Gasteiger partial charge is 0.269 e. The molecule has 3 N–H and O–H groups in total. The predicted octanol–water partition coefficient (Wildman–Crippen LogP) is 2.29. The lowest BCUT2D eigenvalue weighted by atomic mass is 10.2. The average Bonchev–Trinajstić information content (AvgIpc) is 3.19. The average molecular weight is 395 g/mol. The summed E-state index contributed by atoms with van der Waals surface area (Å²) >= 11 is 0. The van der Waals surface area contributed by atoms with Gasteiger partial charge in [0.2, 0.25) is 5.91 Å². The zero-order valence-corrected chi connectivity index (χ0v) is 15.1. The van der Waals surface area contributed by atoms with E-state index in [1.165, 1.54) is 29.2 Å². The Morgan fingerprint density at radius 2 is 1.83 bits per heavy atom. The zero-order chi connectivity index (χ0) is 20.8. The SMILES string of the molecule is NC(=O)CCOc1ccc(NC(=O)c2cnn(-c3ccc([N+](=O)[O-])cc3)c2)cc1. The molecule has 3 aromatic rings. The van der Waals surface area contributed by atoms with E-state index in [2.05, 4.69) is 10.4 Å². The first-order valence-electron chi connectivity index (χ1n) is 8.54. The summed E-state index contributed by atoms with van der Waals surface area (Å²) in [6.07, 6.45) is 3.05. The van der Waals surface area contributed by atoms with Crippen LogP contribution in [0.15, 0.2) is 60.9 Å². The summed E-state index contributed by atoms with van der Waals surface area (Å²) in [7, 11) is 0. The van der Waals surface area contributed by atoms with Crippen LogP contribution in [0.25, 0.3) is 5.69 Å². The summed E-state index contributed by atoms with van der Waals surface area (Å²) in [6, 6.07) is 12.5. The Hall–Kier alpha value is -4.21. The molecular formula is C19H17N5O5. The summed E-state index contributed by atoms with van der Waals surface area (Å²) in [5, 5.41) is 17.6. The second-order valence-electron chi connectivity index (χ2n) is 5.99. The lowest BCUT2D eigenvalue weighted by Crippen LogP contribution is -2.14. The van der Waals surface area contributed by atoms with Crippen LogP contribution in [0.1, 0.15) is 16.8 Å². The maximum Gasteiger partial charge on any atom is 0.269 e. The summed E-state index contributed by atoms with van der Waals surface area (Å²) in [5.41, 5.74) is 6.49. The van der Waals surface area contributed by atoms with Crippen LogP contribution in [0.2, 0.25) is 0 Å². The maximum atomic E-state index is 12.4. The molecule has 29 heavy (non-hydrogen) atoms. The van der Waals surface area contributed by atoms with E-state index in [0.717, 1.165) is 0 Å². The van der Waals surface area contributed by atoms with Crippen LogP contribution in [0.5, 0.6) is 5.75 Å². The fraction of sp³-hybridized carbons (Fsp3) is 0.105. The molecule has 0 aliphatic carbocycles. The number of hydrogen-bond donors (Lipinski definition) is 2. The molecule has 148 valence electrons. The van der Waals surface area contributed by atoms with Crippen LogP contribution < -0.4 is 15.8 Å². The largest absolute Gasteiger partial charge is 0.493 e. The van der Waals surface area contributed by atoms with Crippen molar-refractivity contribution in [2.45, 2.75) is 6.42 Å². The Labute approximate surface area is 165 Å². The summed E-state index contributed by atoms with van der Waals surface area (Å²) in [4.78, 5) is 33.3. The highest BCUT2D eigenvalue weighted by Gasteiger charge is 2.11. The molecule has 1 aromatic heterocycles. The number of amides is 2. The molecule has 0 aliphatic rings. The van der Waals surface area contributed by atoms with E-state index in [-0.39, 0.29) is 24.6 Å². The van der Waals surface area contributed by atoms with E-state index in [1.807, 2.05) is 0 Å². The third-order valence-electron chi connectivity index (χ3n) is 3.90. The van der Waals surface area contributed by atoms with Crippen molar-refractivity contribution in [1.29, 1.82) is 0 Å². The molecule has 0 radical (unpaired) electrons. The van der Waals surface area contributed by atoms with Crippen molar-refractivity contribution in [1.82, 2.24) is 9.78 Å². The van der Waals surface area contributed by atoms with Crippen LogP contribution in [-0.4, -0.2) is 33.1 Å². The third-order valence-corrected chi connectivity index (χ3v) is 3.90. The highest BCUT2D eigenvalue weighted by atomic mass is 16.6. The molecule has 2 aromatic carbocycles. The van der Waals surface area contributed by atoms with Gasteiger partial charge < -0.3 is 15.8 Å². The number of anilines is 1. The molecule has 3 rings (SSSR count). The number of nitro groups is 1. The molecule has 1 heterocycles. The topological polar surface area (TPSA) is 142 Å². The number of nitro benzene ring substituents is 1. The standard InChI is InChI=1S/C19H17N5O5/c20-18(25)9-10-29-17-7-1-14(2-8-17)22-19(26)13-11-21-23(12-13)15-3-5-16(6-4-15)24(27)28/h1-8,11-12H,9-10H2,(H2,20,25)(H,22,26). The zero-order valence-electron chi connectivity index (χ0n) is 15.1. The number of nitrogens with zero attached hydrogens (tertiary/aromatic N) is 3. The Balaban J connectivity index is 1.61. The Bertz CT molecular complexity index is 1030. The fourth-order valence-electron chi connectivity index (χ4n) is 2.42. The van der Waals surface area contributed by atoms with Crippen LogP contribution >= 0.6 is 0 Å². The number of benzene rings is 2. The lowest BCUT2D eigenvalue weighted by Gasteiger charge is -2.07. The van der Waals surface area contributed by atoms with Crippen LogP contribution in [-0.2, 0) is 4.79 Å². The number of hydrogen-bond acceptors (Lipinski definition) is 6. The minimum absolute atomic E-state index is 0.0269. The number of non-ortho nitro benzene ring substituents is 1. The van der Waals surface area contributed by atoms with E-state index in [0.29, 0.717) is 22.7 Å². The van der Waals surface area contributed by atoms with Gasteiger partial charge in [-0.15, -0.1) is 0 Å². The first-order chi connectivity index (χ1) is 13.9. The van der Waals surface area contributed by atoms with Crippen molar-refractivity contribution >= 4 is 23.2 Å². The van der Waals surface area contributed by atoms with E-state index in [9.17, 15) is 19.7 Å². The van der Waals surface area contributed by atoms with Gasteiger partial charge in [-0.1, -0.05) is 0 Å². The van der Waals surface area contributed by atoms with Crippen LogP contribution in [0.3, 0.4) is 0 Å². The van der Waals surface area contributed by atoms with Gasteiger partial charge in [0.1, 0.15) is 5.75 Å². The van der Waals surface area contributed by atoms with Crippen LogP contribution in [0, 0.1) is 10.1 Å². The lowest BCUT2D eigenvalue weighted by molar-refractivity contribution is -0.384. The fourth-order valence-corrected chi connectivity index (χ4v) is 2.42. The highest BCUT2D eigenvalue weighted by molar-refractivity contribution is 6.04. The van der Waals surface area contributed by atoms with Gasteiger partial charge in [-0.3, -0.25) is 19.7 Å². The number of aromatic nitrogens is 2. The molecule has 2 amide bonds. The molecule has 0 aliphatic heterocycles. The van der Waals surface area contributed by atoms with Gasteiger partial charge in [0.15, 0.2) is 0 Å². The highest BCUT2D eigenvalue weighted by Crippen LogP contribution is 2.18. The quantitative estimate of drug-likeness (QED) is 0.442. The van der Waals surface area contributed by atoms with Crippen molar-refractivity contribution in [3.05, 3.63) is 76.6 Å². The van der Waals surface area contributed by atoms with E-state index < -0.39 is 10.8 Å². The molecule has 0 saturated heterocycles. The summed E-state index contributed by atoms with van der Waals surface area (Å²) in [6.45, 7) is 0.183. The molecule has 0 atom stereocenters. The van der Waals surface area contributed by atoms with Gasteiger partial charge in [0, 0.05) is 24.0 Å². The van der Waals surface area contributed by atoms with Crippen molar-refractivity contribution < 1.29 is 19.2 Å². The Morgan fingerprint density at radius 3 is 2.45 bits per heavy atom. The molecule has 0 spiro atoms. The molecule has 0 bridgehead atoms. The second-order valence-corrected chi connectivity index (χ2v) is 5.99. The molecule has 0 fully saturated rings. The number of carbonyl (C=O) groups is 2. The monoisotopic (exact) mass is 395 g/mol. The van der Waals surface area contributed by atoms with E-state index >= 15 is 0 Å². The maximum absolute atomic E-state index is 12.4. The van der Waals surface area contributed by atoms with Crippen molar-refractivity contribution in [3.63, 3.8) is 0 Å². The van der Waals surface area contributed by atoms with Crippen LogP contribution in [0.4, 0.5) is 11.4 Å². The Kier molecular flexibility index (Phi) is 5.83. The number of carbonyl (C=O) groups excluding carboxylic acids is 2. The van der Waals surface area contributed by atoms with Gasteiger partial charge in [0.05, 0.1) is 35.4 Å². The van der Waals surface area contributed by atoms with Gasteiger partial charge in [-0.2, -0.15) is 5.10 Å².